The van der Waals surface area contributed by atoms with E-state index in [2.05, 4.69) is 10.6 Å². The summed E-state index contributed by atoms with van der Waals surface area (Å²) < 4.78 is 26.7. The molecule has 0 heterocycles. The van der Waals surface area contributed by atoms with Crippen molar-refractivity contribution in [2.45, 2.75) is 38.5 Å². The van der Waals surface area contributed by atoms with Crippen molar-refractivity contribution in [3.05, 3.63) is 28.8 Å². The number of hydrogen-bond donors (Lipinski definition) is 3. The highest BCUT2D eigenvalue weighted by Gasteiger charge is 2.31. The second kappa shape index (κ2) is 7.93. The van der Waals surface area contributed by atoms with Crippen LogP contribution in [0.5, 0.6) is 0 Å². The van der Waals surface area contributed by atoms with Crippen LogP contribution in [0.1, 0.15) is 38.5 Å². The molecule has 0 aromatic heterocycles. The molecule has 0 atom stereocenters. The van der Waals surface area contributed by atoms with Gasteiger partial charge in [-0.05, 0) is 30.7 Å². The SMILES string of the molecule is O=C(NCC1(CCO)CCCCC1)Nc1c(F)cc(F)cc1Cl. The van der Waals surface area contributed by atoms with E-state index in [4.69, 9.17) is 11.6 Å². The van der Waals surface area contributed by atoms with E-state index in [0.29, 0.717) is 19.0 Å². The van der Waals surface area contributed by atoms with E-state index in [1.54, 1.807) is 0 Å². The molecule has 1 aromatic carbocycles. The Morgan fingerprint density at radius 2 is 1.96 bits per heavy atom. The number of aliphatic hydroxyl groups excluding tert-OH is 1. The molecule has 1 aliphatic rings. The van der Waals surface area contributed by atoms with Gasteiger partial charge in [-0.3, -0.25) is 0 Å². The summed E-state index contributed by atoms with van der Waals surface area (Å²) in [6.45, 7) is 0.474. The Hall–Kier alpha value is -1.40. The molecule has 1 saturated carbocycles. The van der Waals surface area contributed by atoms with Crippen LogP contribution in [0.25, 0.3) is 0 Å². The predicted molar refractivity (Wildman–Crippen MR) is 85.6 cm³/mol. The molecule has 0 bridgehead atoms. The highest BCUT2D eigenvalue weighted by molar-refractivity contribution is 6.33. The van der Waals surface area contributed by atoms with Crippen LogP contribution in [-0.4, -0.2) is 24.3 Å². The Labute approximate surface area is 139 Å². The first kappa shape index (κ1) is 17.9. The molecule has 0 unspecified atom stereocenters. The van der Waals surface area contributed by atoms with Gasteiger partial charge < -0.3 is 15.7 Å². The lowest BCUT2D eigenvalue weighted by molar-refractivity contribution is 0.128. The molecule has 0 radical (unpaired) electrons. The van der Waals surface area contributed by atoms with Crippen LogP contribution in [-0.2, 0) is 0 Å². The number of benzene rings is 1. The van der Waals surface area contributed by atoms with Crippen molar-refractivity contribution in [1.29, 1.82) is 0 Å². The number of carbonyl (C=O) groups is 1. The first-order valence-electron chi connectivity index (χ1n) is 7.76. The van der Waals surface area contributed by atoms with Gasteiger partial charge in [0.05, 0.1) is 10.7 Å². The molecule has 7 heteroatoms. The first-order chi connectivity index (χ1) is 11.0. The fraction of sp³-hybridized carbons (Fsp3) is 0.562. The molecule has 2 rings (SSSR count). The van der Waals surface area contributed by atoms with E-state index in [-0.39, 0.29) is 22.7 Å². The molecular weight excluding hydrogens is 326 g/mol. The number of aliphatic hydroxyl groups is 1. The second-order valence-electron chi connectivity index (χ2n) is 6.09. The average Bonchev–Trinajstić information content (AvgIpc) is 2.50. The van der Waals surface area contributed by atoms with E-state index >= 15 is 0 Å². The van der Waals surface area contributed by atoms with Gasteiger partial charge in [0, 0.05) is 19.2 Å². The third-order valence-electron chi connectivity index (χ3n) is 4.43. The molecule has 128 valence electrons. The number of halogens is 3. The predicted octanol–water partition coefficient (Wildman–Crippen LogP) is 4.07. The molecular formula is C16H21ClF2N2O2. The Morgan fingerprint density at radius 3 is 2.57 bits per heavy atom. The normalized spacial score (nSPS) is 16.9. The number of urea groups is 1. The van der Waals surface area contributed by atoms with Crippen molar-refractivity contribution >= 4 is 23.3 Å². The van der Waals surface area contributed by atoms with Crippen LogP contribution < -0.4 is 10.6 Å². The molecule has 3 N–H and O–H groups in total. The number of carbonyl (C=O) groups excluding carboxylic acids is 1. The van der Waals surface area contributed by atoms with Gasteiger partial charge in [-0.25, -0.2) is 13.6 Å². The molecule has 23 heavy (non-hydrogen) atoms. The smallest absolute Gasteiger partial charge is 0.319 e. The minimum absolute atomic E-state index is 0.0711. The van der Waals surface area contributed by atoms with Crippen molar-refractivity contribution in [3.8, 4) is 0 Å². The fourth-order valence-corrected chi connectivity index (χ4v) is 3.38. The highest BCUT2D eigenvalue weighted by Crippen LogP contribution is 2.38. The van der Waals surface area contributed by atoms with Crippen LogP contribution in [0.15, 0.2) is 12.1 Å². The summed E-state index contributed by atoms with van der Waals surface area (Å²) in [4.78, 5) is 12.0. The Balaban J connectivity index is 1.96. The standard InChI is InChI=1S/C16H21ClF2N2O2/c17-12-8-11(18)9-13(19)14(12)21-15(23)20-10-16(6-7-22)4-2-1-3-5-16/h8-9,22H,1-7,10H2,(H2,20,21,23). The van der Waals surface area contributed by atoms with E-state index in [1.807, 2.05) is 0 Å². The molecule has 0 aliphatic heterocycles. The largest absolute Gasteiger partial charge is 0.396 e. The van der Waals surface area contributed by atoms with Crippen molar-refractivity contribution in [2.24, 2.45) is 5.41 Å². The summed E-state index contributed by atoms with van der Waals surface area (Å²) >= 11 is 5.75. The average molecular weight is 347 g/mol. The number of nitrogens with one attached hydrogen (secondary N) is 2. The second-order valence-corrected chi connectivity index (χ2v) is 6.49. The third kappa shape index (κ3) is 4.78. The van der Waals surface area contributed by atoms with E-state index in [9.17, 15) is 18.7 Å². The van der Waals surface area contributed by atoms with E-state index in [1.165, 1.54) is 0 Å². The summed E-state index contributed by atoms with van der Waals surface area (Å²) in [6, 6.07) is 1.00. The fourth-order valence-electron chi connectivity index (χ4n) is 3.14. The van der Waals surface area contributed by atoms with Crippen molar-refractivity contribution in [2.75, 3.05) is 18.5 Å². The quantitative estimate of drug-likeness (QED) is 0.752. The Bertz CT molecular complexity index is 534. The van der Waals surface area contributed by atoms with Gasteiger partial charge in [-0.15, -0.1) is 0 Å². The van der Waals surface area contributed by atoms with Crippen molar-refractivity contribution < 1.29 is 18.7 Å². The van der Waals surface area contributed by atoms with Gasteiger partial charge in [-0.2, -0.15) is 0 Å². The third-order valence-corrected chi connectivity index (χ3v) is 4.72. The minimum atomic E-state index is -0.923. The van der Waals surface area contributed by atoms with Gasteiger partial charge in [0.15, 0.2) is 5.82 Å². The van der Waals surface area contributed by atoms with Gasteiger partial charge in [0.2, 0.25) is 0 Å². The number of hydrogen-bond acceptors (Lipinski definition) is 2. The zero-order valence-corrected chi connectivity index (χ0v) is 13.6. The summed E-state index contributed by atoms with van der Waals surface area (Å²) in [5.74, 6) is -1.73. The Morgan fingerprint density at radius 1 is 1.26 bits per heavy atom. The maximum absolute atomic E-state index is 13.7. The van der Waals surface area contributed by atoms with Crippen LogP contribution in [0.4, 0.5) is 19.3 Å². The van der Waals surface area contributed by atoms with Gasteiger partial charge >= 0.3 is 6.03 Å². The summed E-state index contributed by atoms with van der Waals surface area (Å²) in [5.41, 5.74) is -0.361. The van der Waals surface area contributed by atoms with E-state index < -0.39 is 17.7 Å². The monoisotopic (exact) mass is 346 g/mol. The zero-order valence-electron chi connectivity index (χ0n) is 12.8. The minimum Gasteiger partial charge on any atom is -0.396 e. The lowest BCUT2D eigenvalue weighted by atomic mass is 9.72. The van der Waals surface area contributed by atoms with Crippen LogP contribution in [0, 0.1) is 17.0 Å². The first-order valence-corrected chi connectivity index (χ1v) is 8.14. The van der Waals surface area contributed by atoms with Gasteiger partial charge in [0.25, 0.3) is 0 Å². The lowest BCUT2D eigenvalue weighted by Crippen LogP contribution is -2.41. The summed E-state index contributed by atoms with van der Waals surface area (Å²) in [6.07, 6.45) is 5.82. The molecule has 0 saturated heterocycles. The van der Waals surface area contributed by atoms with Crippen LogP contribution in [0.2, 0.25) is 5.02 Å². The van der Waals surface area contributed by atoms with Crippen molar-refractivity contribution in [1.82, 2.24) is 5.32 Å². The number of anilines is 1. The molecule has 0 spiro atoms. The Kier molecular flexibility index (Phi) is 6.18. The maximum atomic E-state index is 13.7. The molecule has 1 fully saturated rings. The van der Waals surface area contributed by atoms with E-state index in [0.717, 1.165) is 38.2 Å². The zero-order chi connectivity index (χ0) is 16.9. The molecule has 1 aromatic rings. The summed E-state index contributed by atoms with van der Waals surface area (Å²) in [7, 11) is 0. The van der Waals surface area contributed by atoms with Crippen LogP contribution >= 0.6 is 11.6 Å². The summed E-state index contributed by atoms with van der Waals surface area (Å²) in [5, 5.41) is 14.1. The number of rotatable bonds is 5. The van der Waals surface area contributed by atoms with Gasteiger partial charge in [0.1, 0.15) is 5.82 Å². The van der Waals surface area contributed by atoms with Crippen LogP contribution in [0.3, 0.4) is 0 Å². The topological polar surface area (TPSA) is 61.4 Å². The maximum Gasteiger partial charge on any atom is 0.319 e. The number of amides is 2. The van der Waals surface area contributed by atoms with Gasteiger partial charge in [-0.1, -0.05) is 30.9 Å². The molecule has 1 aliphatic carbocycles. The molecule has 4 nitrogen and oxygen atoms in total. The van der Waals surface area contributed by atoms with Crippen molar-refractivity contribution in [3.63, 3.8) is 0 Å². The molecule has 2 amide bonds. The highest BCUT2D eigenvalue weighted by atomic mass is 35.5. The lowest BCUT2D eigenvalue weighted by Gasteiger charge is -2.37.